The third kappa shape index (κ3) is 6.52. The van der Waals surface area contributed by atoms with Crippen LogP contribution in [0.2, 0.25) is 0 Å². The molecule has 1 aliphatic heterocycles. The fraction of sp³-hybridized carbons (Fsp3) is 0.435. The molecule has 0 fully saturated rings. The summed E-state index contributed by atoms with van der Waals surface area (Å²) in [5, 5.41) is 2.69. The zero-order valence-corrected chi connectivity index (χ0v) is 19.9. The van der Waals surface area contributed by atoms with Crippen LogP contribution in [0.3, 0.4) is 0 Å². The molecule has 0 unspecified atom stereocenters. The zero-order valence-electron chi connectivity index (χ0n) is 19.1. The lowest BCUT2D eigenvalue weighted by Gasteiger charge is -2.29. The number of rotatable bonds is 11. The Morgan fingerprint density at radius 1 is 0.970 bits per heavy atom. The summed E-state index contributed by atoms with van der Waals surface area (Å²) in [4.78, 5) is 12.0. The predicted octanol–water partition coefficient (Wildman–Crippen LogP) is 1.99. The van der Waals surface area contributed by atoms with Crippen molar-refractivity contribution in [1.82, 2.24) is 9.62 Å². The van der Waals surface area contributed by atoms with Crippen molar-refractivity contribution in [3.05, 3.63) is 47.5 Å². The fourth-order valence-corrected chi connectivity index (χ4v) is 5.05. The maximum atomic E-state index is 12.8. The standard InChI is InChI=1S/C23H30N2O7S/c1-29-19-5-7-20(8-6-19)32-16-23(26)24-10-4-12-33(27,28)25-11-9-17-13-21(30-2)22(31-3)14-18(17)15-25/h5-8,13-14H,4,9-12,15-16H2,1-3H3,(H,24,26). The van der Waals surface area contributed by atoms with E-state index >= 15 is 0 Å². The van der Waals surface area contributed by atoms with Crippen molar-refractivity contribution in [3.8, 4) is 23.0 Å². The summed E-state index contributed by atoms with van der Waals surface area (Å²) in [7, 11) is 1.25. The van der Waals surface area contributed by atoms with Crippen LogP contribution in [-0.2, 0) is 27.8 Å². The van der Waals surface area contributed by atoms with E-state index in [1.54, 1.807) is 45.6 Å². The van der Waals surface area contributed by atoms with E-state index in [4.69, 9.17) is 18.9 Å². The van der Waals surface area contributed by atoms with E-state index in [9.17, 15) is 13.2 Å². The highest BCUT2D eigenvalue weighted by molar-refractivity contribution is 7.89. The topological polar surface area (TPSA) is 103 Å². The molecule has 0 aliphatic carbocycles. The number of benzene rings is 2. The monoisotopic (exact) mass is 478 g/mol. The van der Waals surface area contributed by atoms with Crippen molar-refractivity contribution in [3.63, 3.8) is 0 Å². The summed E-state index contributed by atoms with van der Waals surface area (Å²) in [5.41, 5.74) is 1.97. The third-order valence-corrected chi connectivity index (χ3v) is 7.31. The van der Waals surface area contributed by atoms with Crippen molar-refractivity contribution in [2.24, 2.45) is 0 Å². The molecule has 9 nitrogen and oxygen atoms in total. The lowest BCUT2D eigenvalue weighted by molar-refractivity contribution is -0.123. The zero-order chi connectivity index (χ0) is 23.8. The summed E-state index contributed by atoms with van der Waals surface area (Å²) in [6, 6.07) is 10.6. The highest BCUT2D eigenvalue weighted by Crippen LogP contribution is 2.33. The van der Waals surface area contributed by atoms with E-state index < -0.39 is 10.0 Å². The number of carbonyl (C=O) groups is 1. The Hall–Kier alpha value is -2.98. The average molecular weight is 479 g/mol. The van der Waals surface area contributed by atoms with E-state index in [2.05, 4.69) is 5.32 Å². The molecule has 1 amide bonds. The normalized spacial score (nSPS) is 13.7. The molecule has 3 rings (SSSR count). The molecule has 10 heteroatoms. The van der Waals surface area contributed by atoms with E-state index in [-0.39, 0.29) is 24.8 Å². The Morgan fingerprint density at radius 3 is 2.24 bits per heavy atom. The van der Waals surface area contributed by atoms with Gasteiger partial charge in [-0.05, 0) is 60.4 Å². The van der Waals surface area contributed by atoms with Crippen LogP contribution in [-0.4, -0.2) is 65.4 Å². The Bertz CT molecular complexity index is 1060. The summed E-state index contributed by atoms with van der Waals surface area (Å²) < 4.78 is 48.2. The van der Waals surface area contributed by atoms with Gasteiger partial charge in [0.05, 0.1) is 27.1 Å². The number of hydrogen-bond donors (Lipinski definition) is 1. The SMILES string of the molecule is COc1ccc(OCC(=O)NCCCS(=O)(=O)N2CCc3cc(OC)c(OC)cc3C2)cc1. The molecule has 0 atom stereocenters. The average Bonchev–Trinajstić information content (AvgIpc) is 2.84. The molecule has 180 valence electrons. The van der Waals surface area contributed by atoms with Crippen LogP contribution in [0.5, 0.6) is 23.0 Å². The van der Waals surface area contributed by atoms with Gasteiger partial charge in [-0.25, -0.2) is 8.42 Å². The molecule has 0 aromatic heterocycles. The second-order valence-corrected chi connectivity index (χ2v) is 9.63. The van der Waals surface area contributed by atoms with Gasteiger partial charge in [-0.3, -0.25) is 4.79 Å². The summed E-state index contributed by atoms with van der Waals surface area (Å²) in [5.74, 6) is 2.11. The summed E-state index contributed by atoms with van der Waals surface area (Å²) in [6.07, 6.45) is 0.917. The van der Waals surface area contributed by atoms with Gasteiger partial charge in [0.2, 0.25) is 10.0 Å². The number of methoxy groups -OCH3 is 3. The van der Waals surface area contributed by atoms with Gasteiger partial charge in [0.1, 0.15) is 11.5 Å². The maximum Gasteiger partial charge on any atom is 0.257 e. The van der Waals surface area contributed by atoms with Crippen molar-refractivity contribution in [2.75, 3.05) is 46.8 Å². The minimum Gasteiger partial charge on any atom is -0.497 e. The molecular formula is C23H30N2O7S. The number of fused-ring (bicyclic) bond motifs is 1. The molecule has 0 saturated carbocycles. The van der Waals surface area contributed by atoms with Gasteiger partial charge in [0.15, 0.2) is 18.1 Å². The highest BCUT2D eigenvalue weighted by atomic mass is 32.2. The molecule has 0 saturated heterocycles. The van der Waals surface area contributed by atoms with Crippen LogP contribution in [0.15, 0.2) is 36.4 Å². The van der Waals surface area contributed by atoms with Crippen LogP contribution in [0.25, 0.3) is 0 Å². The van der Waals surface area contributed by atoms with Crippen molar-refractivity contribution in [1.29, 1.82) is 0 Å². The van der Waals surface area contributed by atoms with Crippen LogP contribution < -0.4 is 24.3 Å². The van der Waals surface area contributed by atoms with E-state index in [0.717, 1.165) is 11.1 Å². The first-order chi connectivity index (χ1) is 15.9. The van der Waals surface area contributed by atoms with Crippen LogP contribution >= 0.6 is 0 Å². The van der Waals surface area contributed by atoms with Crippen LogP contribution in [0.4, 0.5) is 0 Å². The van der Waals surface area contributed by atoms with Crippen molar-refractivity contribution >= 4 is 15.9 Å². The molecule has 1 N–H and O–H groups in total. The number of nitrogens with one attached hydrogen (secondary N) is 1. The van der Waals surface area contributed by atoms with Gasteiger partial charge in [-0.15, -0.1) is 0 Å². The number of nitrogens with zero attached hydrogens (tertiary/aromatic N) is 1. The lowest BCUT2D eigenvalue weighted by atomic mass is 10.0. The predicted molar refractivity (Wildman–Crippen MR) is 124 cm³/mol. The molecular weight excluding hydrogens is 448 g/mol. The van der Waals surface area contributed by atoms with Gasteiger partial charge >= 0.3 is 0 Å². The Morgan fingerprint density at radius 2 is 1.61 bits per heavy atom. The Balaban J connectivity index is 1.44. The molecule has 1 heterocycles. The number of hydrogen-bond acceptors (Lipinski definition) is 7. The smallest absolute Gasteiger partial charge is 0.257 e. The van der Waals surface area contributed by atoms with Gasteiger partial charge in [0.25, 0.3) is 5.91 Å². The molecule has 0 spiro atoms. The van der Waals surface area contributed by atoms with Gasteiger partial charge < -0.3 is 24.3 Å². The van der Waals surface area contributed by atoms with Crippen molar-refractivity contribution in [2.45, 2.75) is 19.4 Å². The minimum absolute atomic E-state index is 0.0464. The van der Waals surface area contributed by atoms with Gasteiger partial charge in [-0.2, -0.15) is 4.31 Å². The number of sulfonamides is 1. The molecule has 2 aromatic carbocycles. The molecule has 0 bridgehead atoms. The number of ether oxygens (including phenoxy) is 4. The molecule has 33 heavy (non-hydrogen) atoms. The van der Waals surface area contributed by atoms with Crippen LogP contribution in [0, 0.1) is 0 Å². The van der Waals surface area contributed by atoms with E-state index in [0.29, 0.717) is 48.9 Å². The largest absolute Gasteiger partial charge is 0.497 e. The van der Waals surface area contributed by atoms with Gasteiger partial charge in [0, 0.05) is 19.6 Å². The first-order valence-electron chi connectivity index (χ1n) is 10.6. The lowest BCUT2D eigenvalue weighted by Crippen LogP contribution is -2.38. The Kier molecular flexibility index (Phi) is 8.40. The van der Waals surface area contributed by atoms with E-state index in [1.165, 1.54) is 4.31 Å². The number of amides is 1. The minimum atomic E-state index is -3.45. The Labute approximate surface area is 194 Å². The van der Waals surface area contributed by atoms with E-state index in [1.807, 2.05) is 12.1 Å². The molecule has 0 radical (unpaired) electrons. The summed E-state index contributed by atoms with van der Waals surface area (Å²) in [6.45, 7) is 0.805. The van der Waals surface area contributed by atoms with Crippen LogP contribution in [0.1, 0.15) is 17.5 Å². The third-order valence-electron chi connectivity index (χ3n) is 5.41. The van der Waals surface area contributed by atoms with Crippen molar-refractivity contribution < 1.29 is 32.2 Å². The second-order valence-electron chi connectivity index (χ2n) is 7.54. The number of carbonyl (C=O) groups excluding carboxylic acids is 1. The molecule has 1 aliphatic rings. The second kappa shape index (κ2) is 11.2. The first kappa shape index (κ1) is 24.7. The fourth-order valence-electron chi connectivity index (χ4n) is 3.58. The molecule has 2 aromatic rings. The quantitative estimate of drug-likeness (QED) is 0.493. The maximum absolute atomic E-state index is 12.8. The summed E-state index contributed by atoms with van der Waals surface area (Å²) >= 11 is 0. The highest BCUT2D eigenvalue weighted by Gasteiger charge is 2.27. The van der Waals surface area contributed by atoms with Gasteiger partial charge in [-0.1, -0.05) is 0 Å². The first-order valence-corrected chi connectivity index (χ1v) is 12.2.